The Hall–Kier alpha value is -2.14. The molecule has 1 heterocycles. The number of anilines is 2. The number of hydrogen-bond donors (Lipinski definition) is 1. The first-order valence-electron chi connectivity index (χ1n) is 6.62. The predicted octanol–water partition coefficient (Wildman–Crippen LogP) is 3.06. The second kappa shape index (κ2) is 5.69. The quantitative estimate of drug-likeness (QED) is 0.885. The molecule has 2 aromatic rings. The monoisotopic (exact) mass is 300 g/mol. The summed E-state index contributed by atoms with van der Waals surface area (Å²) in [5.41, 5.74) is 8.42. The molecule has 0 aliphatic carbocycles. The van der Waals surface area contributed by atoms with Crippen LogP contribution in [0.5, 0.6) is 5.75 Å². The molecule has 1 atom stereocenters. The Kier molecular flexibility index (Phi) is 3.75. The number of methoxy groups -OCH3 is 1. The first-order chi connectivity index (χ1) is 10.2. The lowest BCUT2D eigenvalue weighted by atomic mass is 10.1. The van der Waals surface area contributed by atoms with Crippen molar-refractivity contribution in [2.24, 2.45) is 0 Å². The maximum Gasteiger partial charge on any atom is 0.238 e. The summed E-state index contributed by atoms with van der Waals surface area (Å²) in [6.45, 7) is 0. The highest BCUT2D eigenvalue weighted by Crippen LogP contribution is 2.42. The van der Waals surface area contributed by atoms with Gasteiger partial charge in [0.05, 0.1) is 12.9 Å². The molecule has 0 unspecified atom stereocenters. The molecule has 2 aromatic carbocycles. The first-order valence-corrected chi connectivity index (χ1v) is 7.67. The Labute approximate surface area is 127 Å². The molecule has 1 saturated heterocycles. The standard InChI is InChI=1S/C16H16N2O2S/c1-20-14-8-6-13(7-9-14)18-15(19)10-21-16(18)11-2-4-12(17)5-3-11/h2-9,16H,10,17H2,1H3/t16-/m0/s1. The van der Waals surface area contributed by atoms with Gasteiger partial charge in [0.25, 0.3) is 0 Å². The topological polar surface area (TPSA) is 55.6 Å². The van der Waals surface area contributed by atoms with Crippen LogP contribution in [0.1, 0.15) is 10.9 Å². The number of carbonyl (C=O) groups is 1. The number of ether oxygens (including phenoxy) is 1. The molecule has 0 bridgehead atoms. The Morgan fingerprint density at radius 3 is 2.43 bits per heavy atom. The van der Waals surface area contributed by atoms with E-state index in [0.717, 1.165) is 22.7 Å². The van der Waals surface area contributed by atoms with Crippen LogP contribution < -0.4 is 15.4 Å². The second-order valence-corrected chi connectivity index (χ2v) is 5.86. The van der Waals surface area contributed by atoms with Gasteiger partial charge < -0.3 is 10.5 Å². The van der Waals surface area contributed by atoms with Gasteiger partial charge in [-0.3, -0.25) is 9.69 Å². The van der Waals surface area contributed by atoms with Crippen molar-refractivity contribution in [3.63, 3.8) is 0 Å². The molecular weight excluding hydrogens is 284 g/mol. The Morgan fingerprint density at radius 2 is 1.81 bits per heavy atom. The number of nitrogens with two attached hydrogens (primary N) is 1. The highest BCUT2D eigenvalue weighted by atomic mass is 32.2. The molecule has 1 aliphatic heterocycles. The zero-order chi connectivity index (χ0) is 14.8. The van der Waals surface area contributed by atoms with Crippen molar-refractivity contribution in [2.75, 3.05) is 23.5 Å². The van der Waals surface area contributed by atoms with Gasteiger partial charge in [-0.2, -0.15) is 0 Å². The third kappa shape index (κ3) is 2.69. The van der Waals surface area contributed by atoms with Crippen LogP contribution in [0.3, 0.4) is 0 Å². The third-order valence-electron chi connectivity index (χ3n) is 3.44. The van der Waals surface area contributed by atoms with Crippen molar-refractivity contribution < 1.29 is 9.53 Å². The van der Waals surface area contributed by atoms with Crippen molar-refractivity contribution >= 4 is 29.0 Å². The van der Waals surface area contributed by atoms with Crippen LogP contribution in [0.25, 0.3) is 0 Å². The summed E-state index contributed by atoms with van der Waals surface area (Å²) in [7, 11) is 1.63. The third-order valence-corrected chi connectivity index (χ3v) is 4.65. The molecule has 21 heavy (non-hydrogen) atoms. The second-order valence-electron chi connectivity index (χ2n) is 4.79. The minimum atomic E-state index is -0.00788. The number of nitrogens with zero attached hydrogens (tertiary/aromatic N) is 1. The van der Waals surface area contributed by atoms with Crippen LogP contribution in [-0.4, -0.2) is 18.8 Å². The molecule has 108 valence electrons. The normalized spacial score (nSPS) is 18.0. The van der Waals surface area contributed by atoms with Gasteiger partial charge in [0.2, 0.25) is 5.91 Å². The lowest BCUT2D eigenvalue weighted by molar-refractivity contribution is -0.115. The van der Waals surface area contributed by atoms with Gasteiger partial charge >= 0.3 is 0 Å². The molecule has 4 nitrogen and oxygen atoms in total. The van der Waals surface area contributed by atoms with Crippen molar-refractivity contribution in [2.45, 2.75) is 5.37 Å². The number of amides is 1. The van der Waals surface area contributed by atoms with E-state index >= 15 is 0 Å². The largest absolute Gasteiger partial charge is 0.497 e. The van der Waals surface area contributed by atoms with Gasteiger partial charge in [0.15, 0.2) is 0 Å². The summed E-state index contributed by atoms with van der Waals surface area (Å²) in [5, 5.41) is -0.00788. The number of nitrogen functional groups attached to an aromatic ring is 1. The van der Waals surface area contributed by atoms with Crippen LogP contribution >= 0.6 is 11.8 Å². The minimum absolute atomic E-state index is 0.00788. The number of rotatable bonds is 3. The molecule has 2 N–H and O–H groups in total. The van der Waals surface area contributed by atoms with E-state index in [2.05, 4.69) is 0 Å². The van der Waals surface area contributed by atoms with Gasteiger partial charge in [-0.1, -0.05) is 12.1 Å². The molecule has 0 radical (unpaired) electrons. The molecule has 1 aliphatic rings. The van der Waals surface area contributed by atoms with Crippen LogP contribution in [0.2, 0.25) is 0 Å². The minimum Gasteiger partial charge on any atom is -0.497 e. The molecule has 0 aromatic heterocycles. The van der Waals surface area contributed by atoms with Gasteiger partial charge in [-0.15, -0.1) is 11.8 Å². The first kappa shape index (κ1) is 13.8. The summed E-state index contributed by atoms with van der Waals surface area (Å²) in [4.78, 5) is 14.1. The van der Waals surface area contributed by atoms with Crippen molar-refractivity contribution in [3.8, 4) is 5.75 Å². The van der Waals surface area contributed by atoms with Gasteiger partial charge in [0.1, 0.15) is 11.1 Å². The zero-order valence-corrected chi connectivity index (χ0v) is 12.5. The predicted molar refractivity (Wildman–Crippen MR) is 86.5 cm³/mol. The van der Waals surface area contributed by atoms with E-state index in [9.17, 15) is 4.79 Å². The van der Waals surface area contributed by atoms with Crippen molar-refractivity contribution in [1.29, 1.82) is 0 Å². The lowest BCUT2D eigenvalue weighted by Crippen LogP contribution is -2.27. The van der Waals surface area contributed by atoms with E-state index in [-0.39, 0.29) is 11.3 Å². The zero-order valence-electron chi connectivity index (χ0n) is 11.7. The summed E-state index contributed by atoms with van der Waals surface area (Å²) >= 11 is 1.63. The van der Waals surface area contributed by atoms with Crippen LogP contribution in [0.4, 0.5) is 11.4 Å². The average molecular weight is 300 g/mol. The highest BCUT2D eigenvalue weighted by molar-refractivity contribution is 8.00. The Balaban J connectivity index is 1.93. The number of carbonyl (C=O) groups excluding carboxylic acids is 1. The summed E-state index contributed by atoms with van der Waals surface area (Å²) in [6, 6.07) is 15.2. The Morgan fingerprint density at radius 1 is 1.14 bits per heavy atom. The van der Waals surface area contributed by atoms with E-state index < -0.39 is 0 Å². The number of hydrogen-bond acceptors (Lipinski definition) is 4. The summed E-state index contributed by atoms with van der Waals surface area (Å²) in [5.74, 6) is 1.38. The summed E-state index contributed by atoms with van der Waals surface area (Å²) in [6.07, 6.45) is 0. The van der Waals surface area contributed by atoms with E-state index in [0.29, 0.717) is 5.75 Å². The van der Waals surface area contributed by atoms with Gasteiger partial charge in [-0.25, -0.2) is 0 Å². The number of benzene rings is 2. The fourth-order valence-electron chi connectivity index (χ4n) is 2.35. The smallest absolute Gasteiger partial charge is 0.238 e. The fraction of sp³-hybridized carbons (Fsp3) is 0.188. The lowest BCUT2D eigenvalue weighted by Gasteiger charge is -2.24. The SMILES string of the molecule is COc1ccc(N2C(=O)CS[C@H]2c2ccc(N)cc2)cc1. The fourth-order valence-corrected chi connectivity index (χ4v) is 3.53. The van der Waals surface area contributed by atoms with E-state index in [4.69, 9.17) is 10.5 Å². The molecular formula is C16H16N2O2S. The molecule has 1 fully saturated rings. The van der Waals surface area contributed by atoms with E-state index in [1.807, 2.05) is 53.4 Å². The van der Waals surface area contributed by atoms with Crippen molar-refractivity contribution in [3.05, 3.63) is 54.1 Å². The molecule has 5 heteroatoms. The number of thioether (sulfide) groups is 1. The summed E-state index contributed by atoms with van der Waals surface area (Å²) < 4.78 is 5.16. The maximum absolute atomic E-state index is 12.2. The molecule has 0 spiro atoms. The highest BCUT2D eigenvalue weighted by Gasteiger charge is 2.33. The van der Waals surface area contributed by atoms with Gasteiger partial charge in [0, 0.05) is 11.4 Å². The Bertz CT molecular complexity index is 640. The molecule has 3 rings (SSSR count). The van der Waals surface area contributed by atoms with E-state index in [1.54, 1.807) is 18.9 Å². The van der Waals surface area contributed by atoms with E-state index in [1.165, 1.54) is 0 Å². The maximum atomic E-state index is 12.2. The van der Waals surface area contributed by atoms with Crippen LogP contribution in [0.15, 0.2) is 48.5 Å². The van der Waals surface area contributed by atoms with Crippen LogP contribution in [-0.2, 0) is 4.79 Å². The molecule has 0 saturated carbocycles. The molecule has 1 amide bonds. The van der Waals surface area contributed by atoms with Gasteiger partial charge in [-0.05, 0) is 42.0 Å². The van der Waals surface area contributed by atoms with Crippen molar-refractivity contribution in [1.82, 2.24) is 0 Å². The van der Waals surface area contributed by atoms with Crippen LogP contribution in [0, 0.1) is 0 Å². The average Bonchev–Trinajstić information content (AvgIpc) is 2.90.